The van der Waals surface area contributed by atoms with E-state index in [2.05, 4.69) is 15.3 Å². The van der Waals surface area contributed by atoms with Gasteiger partial charge in [0.25, 0.3) is 0 Å². The predicted octanol–water partition coefficient (Wildman–Crippen LogP) is 2.53. The zero-order valence-corrected chi connectivity index (χ0v) is 13.6. The molecule has 0 saturated carbocycles. The molecule has 1 N–H and O–H groups in total. The summed E-state index contributed by atoms with van der Waals surface area (Å²) in [6.07, 6.45) is 2.29. The van der Waals surface area contributed by atoms with Gasteiger partial charge in [0.05, 0.1) is 13.2 Å². The lowest BCUT2D eigenvalue weighted by Gasteiger charge is -2.19. The summed E-state index contributed by atoms with van der Waals surface area (Å²) < 4.78 is 18.8. The fourth-order valence-electron chi connectivity index (χ4n) is 2.88. The molecule has 1 atom stereocenters. The van der Waals surface area contributed by atoms with Crippen LogP contribution in [0, 0.1) is 5.82 Å². The van der Waals surface area contributed by atoms with Gasteiger partial charge in [-0.3, -0.25) is 4.79 Å². The first-order chi connectivity index (χ1) is 11.6. The highest BCUT2D eigenvalue weighted by Gasteiger charge is 2.24. The minimum absolute atomic E-state index is 0.0245. The fraction of sp³-hybridized carbons (Fsp3) is 0.353. The van der Waals surface area contributed by atoms with Crippen LogP contribution in [0.25, 0.3) is 0 Å². The first-order valence-corrected chi connectivity index (χ1v) is 7.74. The van der Waals surface area contributed by atoms with Gasteiger partial charge in [0.1, 0.15) is 5.82 Å². The van der Waals surface area contributed by atoms with Crippen LogP contribution in [0.5, 0.6) is 5.88 Å². The van der Waals surface area contributed by atoms with E-state index in [1.807, 2.05) is 0 Å². The molecule has 0 saturated heterocycles. The number of halogens is 1. The summed E-state index contributed by atoms with van der Waals surface area (Å²) in [5.41, 5.74) is 1.75. The maximum atomic E-state index is 13.6. The number of amides is 1. The zero-order valence-electron chi connectivity index (χ0n) is 13.6. The summed E-state index contributed by atoms with van der Waals surface area (Å²) in [5, 5.41) is 3.27. The number of nitrogens with zero attached hydrogens (tertiary/aromatic N) is 3. The molecule has 2 aromatic rings. The number of ether oxygens (including phenoxy) is 1. The predicted molar refractivity (Wildman–Crippen MR) is 87.1 cm³/mol. The Morgan fingerprint density at radius 3 is 3.00 bits per heavy atom. The molecule has 3 rings (SSSR count). The van der Waals surface area contributed by atoms with Crippen molar-refractivity contribution in [3.8, 4) is 5.88 Å². The van der Waals surface area contributed by atoms with E-state index >= 15 is 0 Å². The highest BCUT2D eigenvalue weighted by Crippen LogP contribution is 2.30. The van der Waals surface area contributed by atoms with Gasteiger partial charge in [-0.15, -0.1) is 0 Å². The van der Waals surface area contributed by atoms with Gasteiger partial charge < -0.3 is 15.0 Å². The second kappa shape index (κ2) is 6.82. The molecule has 7 heteroatoms. The van der Waals surface area contributed by atoms with Crippen molar-refractivity contribution in [2.24, 2.45) is 0 Å². The minimum Gasteiger partial charge on any atom is -0.481 e. The van der Waals surface area contributed by atoms with Crippen LogP contribution in [0.2, 0.25) is 0 Å². The molecule has 0 unspecified atom stereocenters. The van der Waals surface area contributed by atoms with Crippen LogP contribution in [0.3, 0.4) is 0 Å². The lowest BCUT2D eigenvalue weighted by atomic mass is 9.99. The fourth-order valence-corrected chi connectivity index (χ4v) is 2.88. The molecule has 6 nitrogen and oxygen atoms in total. The Kier molecular flexibility index (Phi) is 4.59. The molecular weight excluding hydrogens is 311 g/mol. The van der Waals surface area contributed by atoms with E-state index in [9.17, 15) is 9.18 Å². The quantitative estimate of drug-likeness (QED) is 0.937. The van der Waals surface area contributed by atoms with Crippen molar-refractivity contribution in [1.82, 2.24) is 14.9 Å². The third-order valence-electron chi connectivity index (χ3n) is 4.12. The van der Waals surface area contributed by atoms with Crippen LogP contribution in [0.1, 0.15) is 30.5 Å². The van der Waals surface area contributed by atoms with Crippen molar-refractivity contribution in [2.75, 3.05) is 19.0 Å². The number of rotatable bonds is 3. The Hall–Kier alpha value is -2.70. The summed E-state index contributed by atoms with van der Waals surface area (Å²) in [6, 6.07) is 6.23. The second-order valence-electron chi connectivity index (χ2n) is 5.69. The molecular formula is C17H19FN4O2. The Bertz CT molecular complexity index is 753. The number of carbonyl (C=O) groups excluding carboxylic acids is 1. The van der Waals surface area contributed by atoms with Crippen LogP contribution >= 0.6 is 0 Å². The van der Waals surface area contributed by atoms with E-state index in [1.54, 1.807) is 30.3 Å². The Morgan fingerprint density at radius 2 is 2.25 bits per heavy atom. The molecule has 1 aliphatic rings. The molecule has 1 aromatic carbocycles. The van der Waals surface area contributed by atoms with Gasteiger partial charge >= 0.3 is 0 Å². The average molecular weight is 330 g/mol. The maximum absolute atomic E-state index is 13.6. The summed E-state index contributed by atoms with van der Waals surface area (Å²) in [4.78, 5) is 21.9. The Labute approximate surface area is 139 Å². The molecule has 1 aliphatic heterocycles. The van der Waals surface area contributed by atoms with E-state index in [0.717, 1.165) is 11.1 Å². The van der Waals surface area contributed by atoms with Crippen LogP contribution in [-0.4, -0.2) is 34.4 Å². The molecule has 2 heterocycles. The minimum atomic E-state index is -0.310. The standard InChI is InChI=1S/C17H19FN4O2/c1-11(23)22-8-6-15(14-4-3-13(18)9-12(14)10-22)20-17-19-7-5-16(21-17)24-2/h3-5,7,9,15H,6,8,10H2,1-2H3,(H,19,20,21)/t15-/m1/s1. The monoisotopic (exact) mass is 330 g/mol. The van der Waals surface area contributed by atoms with Gasteiger partial charge in [0.2, 0.25) is 17.7 Å². The van der Waals surface area contributed by atoms with Crippen molar-refractivity contribution >= 4 is 11.9 Å². The van der Waals surface area contributed by atoms with Gasteiger partial charge in [-0.2, -0.15) is 4.98 Å². The number of aromatic nitrogens is 2. The normalized spacial score (nSPS) is 17.0. The maximum Gasteiger partial charge on any atom is 0.226 e. The molecule has 0 fully saturated rings. The number of carbonyl (C=O) groups is 1. The van der Waals surface area contributed by atoms with Crippen LogP contribution in [-0.2, 0) is 11.3 Å². The van der Waals surface area contributed by atoms with Gasteiger partial charge in [0.15, 0.2) is 0 Å². The molecule has 0 spiro atoms. The van der Waals surface area contributed by atoms with Crippen LogP contribution in [0.4, 0.5) is 10.3 Å². The molecule has 0 bridgehead atoms. The smallest absolute Gasteiger partial charge is 0.226 e. The number of fused-ring (bicyclic) bond motifs is 1. The van der Waals surface area contributed by atoms with Gasteiger partial charge in [-0.25, -0.2) is 9.37 Å². The third kappa shape index (κ3) is 3.45. The van der Waals surface area contributed by atoms with Crippen LogP contribution < -0.4 is 10.1 Å². The lowest BCUT2D eigenvalue weighted by molar-refractivity contribution is -0.129. The molecule has 1 aromatic heterocycles. The van der Waals surface area contributed by atoms with Gasteiger partial charge in [-0.05, 0) is 29.7 Å². The zero-order chi connectivity index (χ0) is 17.1. The highest BCUT2D eigenvalue weighted by molar-refractivity contribution is 5.73. The largest absolute Gasteiger partial charge is 0.481 e. The summed E-state index contributed by atoms with van der Waals surface area (Å²) in [7, 11) is 1.54. The number of anilines is 1. The Balaban J connectivity index is 1.91. The second-order valence-corrected chi connectivity index (χ2v) is 5.69. The topological polar surface area (TPSA) is 67.3 Å². The Morgan fingerprint density at radius 1 is 1.42 bits per heavy atom. The van der Waals surface area contributed by atoms with Crippen molar-refractivity contribution < 1.29 is 13.9 Å². The lowest BCUT2D eigenvalue weighted by Crippen LogP contribution is -2.28. The first kappa shape index (κ1) is 16.2. The molecule has 24 heavy (non-hydrogen) atoms. The molecule has 1 amide bonds. The SMILES string of the molecule is COc1ccnc(N[C@@H]2CCN(C(C)=O)Cc3cc(F)ccc32)n1. The number of hydrogen-bond acceptors (Lipinski definition) is 5. The number of methoxy groups -OCH3 is 1. The summed E-state index contributed by atoms with van der Waals surface area (Å²) >= 11 is 0. The first-order valence-electron chi connectivity index (χ1n) is 7.74. The summed E-state index contributed by atoms with van der Waals surface area (Å²) in [6.45, 7) is 2.50. The van der Waals surface area contributed by atoms with Gasteiger partial charge in [-0.1, -0.05) is 6.07 Å². The van der Waals surface area contributed by atoms with Crippen LogP contribution in [0.15, 0.2) is 30.5 Å². The number of benzene rings is 1. The van der Waals surface area contributed by atoms with Crippen molar-refractivity contribution in [3.63, 3.8) is 0 Å². The van der Waals surface area contributed by atoms with Crippen molar-refractivity contribution in [1.29, 1.82) is 0 Å². The van der Waals surface area contributed by atoms with Crippen molar-refractivity contribution in [3.05, 3.63) is 47.4 Å². The van der Waals surface area contributed by atoms with E-state index in [4.69, 9.17) is 4.74 Å². The van der Waals surface area contributed by atoms with E-state index < -0.39 is 0 Å². The summed E-state index contributed by atoms with van der Waals surface area (Å²) in [5.74, 6) is 0.565. The van der Waals surface area contributed by atoms with Crippen molar-refractivity contribution in [2.45, 2.75) is 25.9 Å². The van der Waals surface area contributed by atoms with Gasteiger partial charge in [0, 0.05) is 32.3 Å². The number of nitrogens with one attached hydrogen (secondary N) is 1. The highest BCUT2D eigenvalue weighted by atomic mass is 19.1. The number of hydrogen-bond donors (Lipinski definition) is 1. The molecule has 0 radical (unpaired) electrons. The molecule has 126 valence electrons. The van der Waals surface area contributed by atoms with E-state index in [0.29, 0.717) is 31.3 Å². The average Bonchev–Trinajstić information content (AvgIpc) is 2.74. The van der Waals surface area contributed by atoms with E-state index in [-0.39, 0.29) is 17.8 Å². The van der Waals surface area contributed by atoms with E-state index in [1.165, 1.54) is 19.1 Å². The molecule has 0 aliphatic carbocycles. The third-order valence-corrected chi connectivity index (χ3v) is 4.12.